The molecule has 0 amide bonds. The van der Waals surface area contributed by atoms with Gasteiger partial charge in [0.1, 0.15) is 0 Å². The predicted octanol–water partition coefficient (Wildman–Crippen LogP) is 1.93. The molecule has 3 rings (SSSR count). The molecule has 0 aromatic carbocycles. The SMILES string of the molecule is C1=CCC(Cn2cncc2C2CNC2)CC1. The molecule has 0 spiro atoms. The summed E-state index contributed by atoms with van der Waals surface area (Å²) in [6, 6.07) is 0. The Bertz CT molecular complexity index is 376. The zero-order valence-corrected chi connectivity index (χ0v) is 9.60. The van der Waals surface area contributed by atoms with Crippen molar-refractivity contribution < 1.29 is 0 Å². The molecule has 1 aliphatic heterocycles. The number of imidazole rings is 1. The molecular formula is C13H19N3. The molecule has 2 heterocycles. The number of nitrogens with zero attached hydrogens (tertiary/aromatic N) is 2. The normalized spacial score (nSPS) is 25.6. The Morgan fingerprint density at radius 1 is 1.38 bits per heavy atom. The molecule has 1 N–H and O–H groups in total. The van der Waals surface area contributed by atoms with Crippen LogP contribution in [0.2, 0.25) is 0 Å². The molecule has 0 bridgehead atoms. The highest BCUT2D eigenvalue weighted by molar-refractivity contribution is 5.11. The number of aromatic nitrogens is 2. The van der Waals surface area contributed by atoms with Crippen molar-refractivity contribution >= 4 is 0 Å². The van der Waals surface area contributed by atoms with Crippen molar-refractivity contribution in [3.05, 3.63) is 30.4 Å². The average Bonchev–Trinajstić information content (AvgIpc) is 2.66. The number of rotatable bonds is 3. The van der Waals surface area contributed by atoms with Crippen LogP contribution >= 0.6 is 0 Å². The number of hydrogen-bond acceptors (Lipinski definition) is 2. The Balaban J connectivity index is 1.68. The van der Waals surface area contributed by atoms with E-state index in [-0.39, 0.29) is 0 Å². The number of allylic oxidation sites excluding steroid dienone is 2. The lowest BCUT2D eigenvalue weighted by Gasteiger charge is -2.29. The van der Waals surface area contributed by atoms with Gasteiger partial charge >= 0.3 is 0 Å². The Kier molecular flexibility index (Phi) is 2.79. The third-order valence-electron chi connectivity index (χ3n) is 3.78. The van der Waals surface area contributed by atoms with Crippen molar-refractivity contribution in [1.82, 2.24) is 14.9 Å². The summed E-state index contributed by atoms with van der Waals surface area (Å²) >= 11 is 0. The van der Waals surface area contributed by atoms with E-state index in [0.717, 1.165) is 25.6 Å². The summed E-state index contributed by atoms with van der Waals surface area (Å²) < 4.78 is 2.37. The molecule has 3 heteroatoms. The van der Waals surface area contributed by atoms with Crippen LogP contribution in [0.25, 0.3) is 0 Å². The van der Waals surface area contributed by atoms with Crippen molar-refractivity contribution in [2.45, 2.75) is 31.7 Å². The van der Waals surface area contributed by atoms with Gasteiger partial charge in [-0.15, -0.1) is 0 Å². The first-order chi connectivity index (χ1) is 7.93. The van der Waals surface area contributed by atoms with E-state index in [0.29, 0.717) is 5.92 Å². The van der Waals surface area contributed by atoms with Crippen molar-refractivity contribution in [1.29, 1.82) is 0 Å². The van der Waals surface area contributed by atoms with E-state index in [2.05, 4.69) is 27.0 Å². The molecule has 1 atom stereocenters. The van der Waals surface area contributed by atoms with Crippen LogP contribution in [-0.2, 0) is 6.54 Å². The highest BCUT2D eigenvalue weighted by Crippen LogP contribution is 2.24. The molecule has 1 fully saturated rings. The van der Waals surface area contributed by atoms with Gasteiger partial charge in [-0.1, -0.05) is 12.2 Å². The van der Waals surface area contributed by atoms with E-state index in [9.17, 15) is 0 Å². The zero-order valence-electron chi connectivity index (χ0n) is 9.60. The maximum atomic E-state index is 4.31. The summed E-state index contributed by atoms with van der Waals surface area (Å²) in [6.07, 6.45) is 12.5. The molecule has 0 radical (unpaired) electrons. The third-order valence-corrected chi connectivity index (χ3v) is 3.78. The molecule has 3 nitrogen and oxygen atoms in total. The lowest BCUT2D eigenvalue weighted by Crippen LogP contribution is -2.41. The third kappa shape index (κ3) is 1.92. The van der Waals surface area contributed by atoms with E-state index < -0.39 is 0 Å². The van der Waals surface area contributed by atoms with E-state index in [1.807, 2.05) is 12.5 Å². The van der Waals surface area contributed by atoms with Gasteiger partial charge in [-0.3, -0.25) is 0 Å². The van der Waals surface area contributed by atoms with E-state index in [1.54, 1.807) is 0 Å². The molecule has 1 unspecified atom stereocenters. The van der Waals surface area contributed by atoms with Crippen LogP contribution in [0.4, 0.5) is 0 Å². The lowest BCUT2D eigenvalue weighted by molar-refractivity contribution is 0.375. The molecule has 1 saturated heterocycles. The minimum absolute atomic E-state index is 0.696. The van der Waals surface area contributed by atoms with Gasteiger partial charge in [0.15, 0.2) is 0 Å². The van der Waals surface area contributed by atoms with Crippen LogP contribution in [-0.4, -0.2) is 22.6 Å². The van der Waals surface area contributed by atoms with Gasteiger partial charge in [0.05, 0.1) is 6.33 Å². The van der Waals surface area contributed by atoms with Gasteiger partial charge in [-0.25, -0.2) is 4.98 Å². The van der Waals surface area contributed by atoms with Crippen molar-refractivity contribution in [3.8, 4) is 0 Å². The first-order valence-electron chi connectivity index (χ1n) is 6.29. The fourth-order valence-electron chi connectivity index (χ4n) is 2.62. The first-order valence-corrected chi connectivity index (χ1v) is 6.29. The van der Waals surface area contributed by atoms with Crippen LogP contribution in [0, 0.1) is 5.92 Å². The maximum Gasteiger partial charge on any atom is 0.0948 e. The Labute approximate surface area is 96.6 Å². The quantitative estimate of drug-likeness (QED) is 0.784. The fourth-order valence-corrected chi connectivity index (χ4v) is 2.62. The van der Waals surface area contributed by atoms with Gasteiger partial charge in [-0.2, -0.15) is 0 Å². The summed E-state index contributed by atoms with van der Waals surface area (Å²) in [5.41, 5.74) is 1.42. The summed E-state index contributed by atoms with van der Waals surface area (Å²) in [5, 5.41) is 3.33. The summed E-state index contributed by atoms with van der Waals surface area (Å²) in [7, 11) is 0. The van der Waals surface area contributed by atoms with Gasteiger partial charge in [0.25, 0.3) is 0 Å². The van der Waals surface area contributed by atoms with Gasteiger partial charge in [-0.05, 0) is 25.2 Å². The summed E-state index contributed by atoms with van der Waals surface area (Å²) in [4.78, 5) is 4.31. The second kappa shape index (κ2) is 4.42. The van der Waals surface area contributed by atoms with E-state index >= 15 is 0 Å². The molecular weight excluding hydrogens is 198 g/mol. The molecule has 86 valence electrons. The van der Waals surface area contributed by atoms with Crippen molar-refractivity contribution in [3.63, 3.8) is 0 Å². The molecule has 1 aromatic heterocycles. The molecule has 2 aliphatic rings. The highest BCUT2D eigenvalue weighted by Gasteiger charge is 2.23. The molecule has 16 heavy (non-hydrogen) atoms. The van der Waals surface area contributed by atoms with Gasteiger partial charge in [0, 0.05) is 37.4 Å². The first kappa shape index (κ1) is 10.1. The standard InChI is InChI=1S/C13H19N3/c1-2-4-11(5-3-1)9-16-10-15-8-13(16)12-6-14-7-12/h1-2,8,10-12,14H,3-7,9H2. The molecule has 1 aliphatic carbocycles. The zero-order chi connectivity index (χ0) is 10.8. The van der Waals surface area contributed by atoms with Crippen molar-refractivity contribution in [2.24, 2.45) is 5.92 Å². The topological polar surface area (TPSA) is 29.9 Å². The van der Waals surface area contributed by atoms with Crippen LogP contribution in [0.15, 0.2) is 24.7 Å². The minimum Gasteiger partial charge on any atom is -0.334 e. The lowest BCUT2D eigenvalue weighted by atomic mass is 9.93. The Morgan fingerprint density at radius 3 is 3.00 bits per heavy atom. The second-order valence-electron chi connectivity index (χ2n) is 4.98. The fraction of sp³-hybridized carbons (Fsp3) is 0.615. The highest BCUT2D eigenvalue weighted by atomic mass is 15.1. The Hall–Kier alpha value is -1.09. The summed E-state index contributed by atoms with van der Waals surface area (Å²) in [5.74, 6) is 1.51. The monoisotopic (exact) mass is 217 g/mol. The van der Waals surface area contributed by atoms with E-state index in [4.69, 9.17) is 0 Å². The van der Waals surface area contributed by atoms with E-state index in [1.165, 1.54) is 25.0 Å². The smallest absolute Gasteiger partial charge is 0.0948 e. The molecule has 0 saturated carbocycles. The number of nitrogens with one attached hydrogen (secondary N) is 1. The average molecular weight is 217 g/mol. The minimum atomic E-state index is 0.696. The summed E-state index contributed by atoms with van der Waals surface area (Å²) in [6.45, 7) is 3.39. The Morgan fingerprint density at radius 2 is 2.31 bits per heavy atom. The van der Waals surface area contributed by atoms with Gasteiger partial charge < -0.3 is 9.88 Å². The van der Waals surface area contributed by atoms with Crippen LogP contribution in [0.1, 0.15) is 30.9 Å². The van der Waals surface area contributed by atoms with Crippen LogP contribution in [0.5, 0.6) is 0 Å². The maximum absolute atomic E-state index is 4.31. The molecule has 1 aromatic rings. The second-order valence-corrected chi connectivity index (χ2v) is 4.98. The largest absolute Gasteiger partial charge is 0.334 e. The number of hydrogen-bond donors (Lipinski definition) is 1. The van der Waals surface area contributed by atoms with Crippen LogP contribution in [0.3, 0.4) is 0 Å². The van der Waals surface area contributed by atoms with Crippen molar-refractivity contribution in [2.75, 3.05) is 13.1 Å². The predicted molar refractivity (Wildman–Crippen MR) is 64.3 cm³/mol. The van der Waals surface area contributed by atoms with Gasteiger partial charge in [0.2, 0.25) is 0 Å². The van der Waals surface area contributed by atoms with Crippen LogP contribution < -0.4 is 5.32 Å².